The van der Waals surface area contributed by atoms with E-state index in [-0.39, 0.29) is 0 Å². The summed E-state index contributed by atoms with van der Waals surface area (Å²) in [7, 11) is 0. The third-order valence-corrected chi connectivity index (χ3v) is 2.14. The van der Waals surface area contributed by atoms with Gasteiger partial charge in [0.1, 0.15) is 0 Å². The fraction of sp³-hybridized carbons (Fsp3) is 0.357. The van der Waals surface area contributed by atoms with Crippen molar-refractivity contribution >= 4 is 12.0 Å². The van der Waals surface area contributed by atoms with Gasteiger partial charge < -0.3 is 19.4 Å². The highest BCUT2D eigenvalue weighted by Crippen LogP contribution is 2.29. The van der Waals surface area contributed by atoms with Crippen LogP contribution in [0.2, 0.25) is 0 Å². The Kier molecular flexibility index (Phi) is 5.77. The molecule has 0 N–H and O–H groups in total. The molecule has 0 aliphatic heterocycles. The molecule has 0 aromatic heterocycles. The largest absolute Gasteiger partial charge is 0.545 e. The highest BCUT2D eigenvalue weighted by Gasteiger charge is 2.04. The second-order valence-electron chi connectivity index (χ2n) is 3.64. The number of carboxylic acids is 1. The summed E-state index contributed by atoms with van der Waals surface area (Å²) in [6.45, 7) is 5.05. The molecule has 0 aliphatic carbocycles. The molecular formula is C14H17O4-. The van der Waals surface area contributed by atoms with Crippen LogP contribution in [0.4, 0.5) is 0 Å². The third-order valence-electron chi connectivity index (χ3n) is 2.14. The zero-order valence-electron chi connectivity index (χ0n) is 10.6. The summed E-state index contributed by atoms with van der Waals surface area (Å²) in [5.41, 5.74) is 0.728. The Balaban J connectivity index is 2.91. The molecule has 0 bridgehead atoms. The van der Waals surface area contributed by atoms with Crippen LogP contribution in [0.5, 0.6) is 11.5 Å². The van der Waals surface area contributed by atoms with E-state index in [0.717, 1.165) is 18.1 Å². The molecule has 0 saturated carbocycles. The van der Waals surface area contributed by atoms with E-state index >= 15 is 0 Å². The quantitative estimate of drug-likeness (QED) is 0.689. The minimum absolute atomic E-state index is 0.524. The Hall–Kier alpha value is -1.97. The first kappa shape index (κ1) is 14.1. The monoisotopic (exact) mass is 249 g/mol. The number of carboxylic acid groups (broad SMARTS) is 1. The first-order valence-electron chi connectivity index (χ1n) is 5.96. The Morgan fingerprint density at radius 2 is 2.06 bits per heavy atom. The molecule has 1 aromatic carbocycles. The number of carbonyl (C=O) groups excluding carboxylic acids is 1. The van der Waals surface area contributed by atoms with E-state index in [9.17, 15) is 9.90 Å². The van der Waals surface area contributed by atoms with Crippen molar-refractivity contribution in [3.63, 3.8) is 0 Å². The summed E-state index contributed by atoms with van der Waals surface area (Å²) in [5, 5.41) is 10.3. The molecule has 98 valence electrons. The van der Waals surface area contributed by atoms with Gasteiger partial charge in [0.2, 0.25) is 0 Å². The van der Waals surface area contributed by atoms with Crippen LogP contribution < -0.4 is 14.6 Å². The Labute approximate surface area is 107 Å². The molecule has 0 unspecified atom stereocenters. The van der Waals surface area contributed by atoms with E-state index in [4.69, 9.17) is 9.47 Å². The zero-order chi connectivity index (χ0) is 13.4. The number of hydrogen-bond acceptors (Lipinski definition) is 4. The number of carbonyl (C=O) groups is 1. The molecule has 0 heterocycles. The van der Waals surface area contributed by atoms with Crippen molar-refractivity contribution in [3.8, 4) is 11.5 Å². The smallest absolute Gasteiger partial charge is 0.161 e. The Morgan fingerprint density at radius 3 is 2.67 bits per heavy atom. The van der Waals surface area contributed by atoms with Crippen molar-refractivity contribution in [1.29, 1.82) is 0 Å². The van der Waals surface area contributed by atoms with Gasteiger partial charge in [-0.25, -0.2) is 0 Å². The van der Waals surface area contributed by atoms with Crippen LogP contribution in [-0.4, -0.2) is 19.2 Å². The number of aliphatic carboxylic acids is 1. The molecule has 18 heavy (non-hydrogen) atoms. The third kappa shape index (κ3) is 4.49. The van der Waals surface area contributed by atoms with Gasteiger partial charge >= 0.3 is 0 Å². The van der Waals surface area contributed by atoms with Crippen molar-refractivity contribution in [2.45, 2.75) is 20.3 Å². The second-order valence-corrected chi connectivity index (χ2v) is 3.64. The molecule has 4 heteroatoms. The maximum Gasteiger partial charge on any atom is 0.161 e. The van der Waals surface area contributed by atoms with E-state index in [1.807, 2.05) is 13.8 Å². The molecule has 4 nitrogen and oxygen atoms in total. The lowest BCUT2D eigenvalue weighted by atomic mass is 10.2. The minimum atomic E-state index is -1.22. The van der Waals surface area contributed by atoms with Crippen molar-refractivity contribution in [2.75, 3.05) is 13.2 Å². The summed E-state index contributed by atoms with van der Waals surface area (Å²) >= 11 is 0. The lowest BCUT2D eigenvalue weighted by molar-refractivity contribution is -0.297. The van der Waals surface area contributed by atoms with Gasteiger partial charge in [0.15, 0.2) is 11.5 Å². The summed E-state index contributed by atoms with van der Waals surface area (Å²) < 4.78 is 11.0. The van der Waals surface area contributed by atoms with E-state index in [0.29, 0.717) is 24.7 Å². The first-order valence-corrected chi connectivity index (χ1v) is 5.96. The number of ether oxygens (including phenoxy) is 2. The van der Waals surface area contributed by atoms with Crippen LogP contribution in [0.25, 0.3) is 6.08 Å². The lowest BCUT2D eigenvalue weighted by Gasteiger charge is -2.12. The number of rotatable bonds is 7. The predicted octanol–water partition coefficient (Wildman–Crippen LogP) is 1.64. The number of hydrogen-bond donors (Lipinski definition) is 0. The van der Waals surface area contributed by atoms with Gasteiger partial charge in [0.25, 0.3) is 0 Å². The summed E-state index contributed by atoms with van der Waals surface area (Å²) in [6.07, 6.45) is 3.36. The van der Waals surface area contributed by atoms with Crippen molar-refractivity contribution in [2.24, 2.45) is 0 Å². The van der Waals surface area contributed by atoms with Gasteiger partial charge in [0.05, 0.1) is 19.2 Å². The predicted molar refractivity (Wildman–Crippen MR) is 67.4 cm³/mol. The Bertz CT molecular complexity index is 424. The second kappa shape index (κ2) is 7.37. The van der Waals surface area contributed by atoms with Gasteiger partial charge in [-0.2, -0.15) is 0 Å². The van der Waals surface area contributed by atoms with Gasteiger partial charge in [0, 0.05) is 0 Å². The van der Waals surface area contributed by atoms with Gasteiger partial charge in [-0.3, -0.25) is 0 Å². The van der Waals surface area contributed by atoms with Crippen molar-refractivity contribution in [3.05, 3.63) is 29.8 Å². The molecule has 1 rings (SSSR count). The maximum absolute atomic E-state index is 10.3. The first-order chi connectivity index (χ1) is 8.67. The van der Waals surface area contributed by atoms with Crippen LogP contribution in [-0.2, 0) is 4.79 Å². The normalized spacial score (nSPS) is 10.6. The van der Waals surface area contributed by atoms with E-state index < -0.39 is 5.97 Å². The molecule has 1 aromatic rings. The fourth-order valence-corrected chi connectivity index (χ4v) is 1.39. The fourth-order valence-electron chi connectivity index (χ4n) is 1.39. The maximum atomic E-state index is 10.3. The molecule has 0 spiro atoms. The standard InChI is InChI=1S/C14H18O4/c1-3-9-18-12-7-5-11(6-8-14(15)16)10-13(12)17-4-2/h5-8,10H,3-4,9H2,1-2H3,(H,15,16)/p-1/b8-6+. The average molecular weight is 249 g/mol. The van der Waals surface area contributed by atoms with Crippen LogP contribution in [0.3, 0.4) is 0 Å². The van der Waals surface area contributed by atoms with Crippen LogP contribution in [0.1, 0.15) is 25.8 Å². The Morgan fingerprint density at radius 1 is 1.28 bits per heavy atom. The van der Waals surface area contributed by atoms with E-state index in [1.54, 1.807) is 18.2 Å². The van der Waals surface area contributed by atoms with Crippen LogP contribution in [0, 0.1) is 0 Å². The topological polar surface area (TPSA) is 58.6 Å². The molecule has 0 saturated heterocycles. The van der Waals surface area contributed by atoms with Gasteiger partial charge in [-0.05, 0) is 37.1 Å². The van der Waals surface area contributed by atoms with E-state index in [2.05, 4.69) is 0 Å². The molecule has 0 radical (unpaired) electrons. The van der Waals surface area contributed by atoms with Gasteiger partial charge in [-0.1, -0.05) is 19.1 Å². The highest BCUT2D eigenvalue weighted by atomic mass is 16.5. The lowest BCUT2D eigenvalue weighted by Crippen LogP contribution is -2.18. The highest BCUT2D eigenvalue weighted by molar-refractivity contribution is 5.83. The summed E-state index contributed by atoms with van der Waals surface area (Å²) in [6, 6.07) is 5.29. The molecular weight excluding hydrogens is 232 g/mol. The van der Waals surface area contributed by atoms with E-state index in [1.165, 1.54) is 6.08 Å². The van der Waals surface area contributed by atoms with Crippen LogP contribution in [0.15, 0.2) is 24.3 Å². The molecule has 0 fully saturated rings. The van der Waals surface area contributed by atoms with Crippen molar-refractivity contribution in [1.82, 2.24) is 0 Å². The SMILES string of the molecule is CCCOc1ccc(/C=C/C(=O)[O-])cc1OCC. The van der Waals surface area contributed by atoms with Crippen LogP contribution >= 0.6 is 0 Å². The summed E-state index contributed by atoms with van der Waals surface area (Å²) in [5.74, 6) is 0.0648. The average Bonchev–Trinajstić information content (AvgIpc) is 2.35. The zero-order valence-corrected chi connectivity index (χ0v) is 10.6. The molecule has 0 amide bonds. The molecule has 0 atom stereocenters. The summed E-state index contributed by atoms with van der Waals surface area (Å²) in [4.78, 5) is 10.3. The van der Waals surface area contributed by atoms with Crippen molar-refractivity contribution < 1.29 is 19.4 Å². The molecule has 0 aliphatic rings. The number of benzene rings is 1. The minimum Gasteiger partial charge on any atom is -0.545 e. The van der Waals surface area contributed by atoms with Gasteiger partial charge in [-0.15, -0.1) is 0 Å².